The fourth-order valence-electron chi connectivity index (χ4n) is 1.01. The van der Waals surface area contributed by atoms with Gasteiger partial charge in [-0.25, -0.2) is 0 Å². The van der Waals surface area contributed by atoms with Gasteiger partial charge in [0.2, 0.25) is 5.12 Å². The summed E-state index contributed by atoms with van der Waals surface area (Å²) in [6.45, 7) is 5.00. The third-order valence-electron chi connectivity index (χ3n) is 2.26. The number of hydrogen-bond donors (Lipinski definition) is 0. The summed E-state index contributed by atoms with van der Waals surface area (Å²) in [5.74, 6) is 1.39. The molecule has 0 heterocycles. The lowest BCUT2D eigenvalue weighted by Crippen LogP contribution is -2.34. The second-order valence-electron chi connectivity index (χ2n) is 4.21. The van der Waals surface area contributed by atoms with Crippen LogP contribution in [0.5, 0.6) is 0 Å². The summed E-state index contributed by atoms with van der Waals surface area (Å²) in [5.41, 5.74) is -0.654. The highest BCUT2D eigenvalue weighted by Gasteiger charge is 2.31. The van der Waals surface area contributed by atoms with Crippen LogP contribution in [0.4, 0.5) is 0 Å². The minimum absolute atomic E-state index is 0.0941. The van der Waals surface area contributed by atoms with E-state index in [0.717, 1.165) is 6.61 Å². The number of thioether (sulfide) groups is 1. The third kappa shape index (κ3) is 5.51. The van der Waals surface area contributed by atoms with E-state index in [1.54, 1.807) is 0 Å². The van der Waals surface area contributed by atoms with Gasteiger partial charge in [-0.15, -0.1) is 0 Å². The molecule has 5 heteroatoms. The quantitative estimate of drug-likeness (QED) is 0.526. The lowest BCUT2D eigenvalue weighted by molar-refractivity contribution is -0.131. The van der Waals surface area contributed by atoms with E-state index < -0.39 is 5.60 Å². The second kappa shape index (κ2) is 6.42. The van der Waals surface area contributed by atoms with Crippen molar-refractivity contribution in [2.45, 2.75) is 32.3 Å². The molecule has 1 aliphatic rings. The molecule has 0 unspecified atom stereocenters. The molecule has 1 rings (SSSR count). The zero-order chi connectivity index (χ0) is 11.3. The lowest BCUT2D eigenvalue weighted by Gasteiger charge is -2.23. The fraction of sp³-hybridized carbons (Fsp3) is 0.900. The molecule has 0 aromatic rings. The molecule has 0 saturated heterocycles. The minimum Gasteiger partial charge on any atom is -0.367 e. The van der Waals surface area contributed by atoms with E-state index in [-0.39, 0.29) is 5.12 Å². The normalized spacial score (nSPS) is 16.7. The van der Waals surface area contributed by atoms with Crippen LogP contribution in [0.2, 0.25) is 0 Å². The summed E-state index contributed by atoms with van der Waals surface area (Å²) >= 11 is 3.12. The SMILES string of the molecule is CC(C)(OCC1CC1)C(=O)SCCOI. The van der Waals surface area contributed by atoms with Crippen molar-refractivity contribution in [2.24, 2.45) is 5.92 Å². The van der Waals surface area contributed by atoms with Gasteiger partial charge in [0, 0.05) is 5.75 Å². The van der Waals surface area contributed by atoms with Crippen molar-refractivity contribution in [2.75, 3.05) is 19.0 Å². The highest BCUT2D eigenvalue weighted by Crippen LogP contribution is 2.31. The van der Waals surface area contributed by atoms with Gasteiger partial charge in [-0.2, -0.15) is 0 Å². The number of ether oxygens (including phenoxy) is 1. The molecule has 0 aromatic heterocycles. The maximum atomic E-state index is 11.8. The number of halogens is 1. The van der Waals surface area contributed by atoms with E-state index in [4.69, 9.17) is 7.80 Å². The molecule has 0 spiro atoms. The highest BCUT2D eigenvalue weighted by molar-refractivity contribution is 14.1. The molecular formula is C10H17IO3S. The van der Waals surface area contributed by atoms with Gasteiger partial charge in [0.15, 0.2) is 0 Å². The van der Waals surface area contributed by atoms with Crippen LogP contribution in [0.3, 0.4) is 0 Å². The molecule has 0 aromatic carbocycles. The number of carbonyl (C=O) groups is 1. The first kappa shape index (κ1) is 13.7. The van der Waals surface area contributed by atoms with Gasteiger partial charge in [0.05, 0.1) is 13.2 Å². The molecule has 0 aliphatic heterocycles. The second-order valence-corrected chi connectivity index (χ2v) is 5.90. The van der Waals surface area contributed by atoms with Crippen LogP contribution in [0.25, 0.3) is 0 Å². The van der Waals surface area contributed by atoms with E-state index in [1.165, 1.54) is 24.6 Å². The van der Waals surface area contributed by atoms with E-state index in [9.17, 15) is 4.79 Å². The van der Waals surface area contributed by atoms with Crippen LogP contribution in [0.1, 0.15) is 26.7 Å². The molecule has 1 saturated carbocycles. The Hall–Kier alpha value is 0.670. The molecule has 0 N–H and O–H groups in total. The minimum atomic E-state index is -0.654. The van der Waals surface area contributed by atoms with Crippen LogP contribution in [0.15, 0.2) is 0 Å². The monoisotopic (exact) mass is 344 g/mol. The molecule has 3 nitrogen and oxygen atoms in total. The first-order valence-corrected chi connectivity index (χ1v) is 6.97. The number of carbonyl (C=O) groups excluding carboxylic acids is 1. The Morgan fingerprint density at radius 3 is 2.73 bits per heavy atom. The predicted octanol–water partition coefficient (Wildman–Crippen LogP) is 2.82. The topological polar surface area (TPSA) is 35.5 Å². The Labute approximate surface area is 109 Å². The van der Waals surface area contributed by atoms with Gasteiger partial charge in [-0.05, 0) is 32.6 Å². The number of hydrogen-bond acceptors (Lipinski definition) is 4. The average molecular weight is 344 g/mol. The van der Waals surface area contributed by atoms with Gasteiger partial charge in [0.25, 0.3) is 0 Å². The molecular weight excluding hydrogens is 327 g/mol. The maximum absolute atomic E-state index is 11.8. The summed E-state index contributed by atoms with van der Waals surface area (Å²) in [7, 11) is 0. The number of rotatable bonds is 7. The summed E-state index contributed by atoms with van der Waals surface area (Å²) in [4.78, 5) is 11.8. The van der Waals surface area contributed by atoms with Gasteiger partial charge in [0.1, 0.15) is 28.6 Å². The Morgan fingerprint density at radius 1 is 1.53 bits per heavy atom. The summed E-state index contributed by atoms with van der Waals surface area (Å²) in [6, 6.07) is 0. The molecule has 0 radical (unpaired) electrons. The molecule has 0 amide bonds. The average Bonchev–Trinajstić information content (AvgIpc) is 2.98. The smallest absolute Gasteiger partial charge is 0.220 e. The van der Waals surface area contributed by atoms with E-state index in [0.29, 0.717) is 18.3 Å². The first-order valence-electron chi connectivity index (χ1n) is 5.11. The Balaban J connectivity index is 2.20. The highest BCUT2D eigenvalue weighted by atomic mass is 127. The van der Waals surface area contributed by atoms with Crippen molar-refractivity contribution in [1.29, 1.82) is 0 Å². The summed E-state index contributed by atoms with van der Waals surface area (Å²) in [6.07, 6.45) is 2.50. The standard InChI is InChI=1S/C10H17IO3S/c1-10(2,13-7-8-3-4-8)9(12)15-6-5-14-11/h8H,3-7H2,1-2H3. The molecule has 88 valence electrons. The zero-order valence-corrected chi connectivity index (χ0v) is 12.1. The van der Waals surface area contributed by atoms with E-state index in [1.807, 2.05) is 36.9 Å². The van der Waals surface area contributed by atoms with Gasteiger partial charge < -0.3 is 7.80 Å². The largest absolute Gasteiger partial charge is 0.367 e. The van der Waals surface area contributed by atoms with Crippen LogP contribution in [0, 0.1) is 5.92 Å². The summed E-state index contributed by atoms with van der Waals surface area (Å²) < 4.78 is 10.5. The first-order chi connectivity index (χ1) is 7.06. The zero-order valence-electron chi connectivity index (χ0n) is 9.12. The van der Waals surface area contributed by atoms with E-state index in [2.05, 4.69) is 0 Å². The fourth-order valence-corrected chi connectivity index (χ4v) is 2.29. The molecule has 1 fully saturated rings. The Kier molecular flexibility index (Phi) is 5.87. The molecule has 15 heavy (non-hydrogen) atoms. The Morgan fingerprint density at radius 2 is 2.20 bits per heavy atom. The van der Waals surface area contributed by atoms with Crippen molar-refractivity contribution in [3.8, 4) is 0 Å². The molecule has 0 atom stereocenters. The van der Waals surface area contributed by atoms with E-state index >= 15 is 0 Å². The third-order valence-corrected chi connectivity index (χ3v) is 3.83. The van der Waals surface area contributed by atoms with Gasteiger partial charge >= 0.3 is 0 Å². The van der Waals surface area contributed by atoms with Crippen molar-refractivity contribution in [3.63, 3.8) is 0 Å². The van der Waals surface area contributed by atoms with Crippen molar-refractivity contribution in [3.05, 3.63) is 0 Å². The van der Waals surface area contributed by atoms with Gasteiger partial charge in [-0.3, -0.25) is 4.79 Å². The maximum Gasteiger partial charge on any atom is 0.220 e. The van der Waals surface area contributed by atoms with Crippen LogP contribution >= 0.6 is 34.8 Å². The van der Waals surface area contributed by atoms with Crippen LogP contribution < -0.4 is 0 Å². The Bertz CT molecular complexity index is 217. The van der Waals surface area contributed by atoms with Crippen molar-refractivity contribution >= 4 is 39.9 Å². The van der Waals surface area contributed by atoms with Crippen molar-refractivity contribution < 1.29 is 12.6 Å². The van der Waals surface area contributed by atoms with Crippen LogP contribution in [-0.4, -0.2) is 29.7 Å². The van der Waals surface area contributed by atoms with Crippen LogP contribution in [-0.2, 0) is 12.6 Å². The van der Waals surface area contributed by atoms with Gasteiger partial charge in [-0.1, -0.05) is 11.8 Å². The molecule has 0 bridgehead atoms. The predicted molar refractivity (Wildman–Crippen MR) is 70.2 cm³/mol. The van der Waals surface area contributed by atoms with Crippen molar-refractivity contribution in [1.82, 2.24) is 0 Å². The lowest BCUT2D eigenvalue weighted by atomic mass is 10.2. The molecule has 1 aliphatic carbocycles. The summed E-state index contributed by atoms with van der Waals surface area (Å²) in [5, 5.41) is 0.0941.